The number of benzene rings is 2. The molecule has 0 unspecified atom stereocenters. The smallest absolute Gasteiger partial charge is 0.322 e. The molecule has 2 aromatic carbocycles. The minimum absolute atomic E-state index is 0.0135. The van der Waals surface area contributed by atoms with Crippen LogP contribution in [0.15, 0.2) is 57.8 Å². The van der Waals surface area contributed by atoms with E-state index in [9.17, 15) is 13.2 Å². The summed E-state index contributed by atoms with van der Waals surface area (Å²) >= 11 is 0. The zero-order valence-corrected chi connectivity index (χ0v) is 16.7. The van der Waals surface area contributed by atoms with E-state index in [-0.39, 0.29) is 16.8 Å². The molecule has 1 amide bonds. The number of sulfone groups is 1. The number of amides is 1. The number of carbonyl (C=O) groups excluding carboxylic acids is 1. The normalized spacial score (nSPS) is 11.6. The molecule has 0 aliphatic carbocycles. The zero-order valence-electron chi connectivity index (χ0n) is 15.8. The molecule has 0 fully saturated rings. The van der Waals surface area contributed by atoms with Gasteiger partial charge in [0.25, 0.3) is 5.91 Å². The van der Waals surface area contributed by atoms with Crippen molar-refractivity contribution in [2.75, 3.05) is 5.32 Å². The van der Waals surface area contributed by atoms with Gasteiger partial charge in [0, 0.05) is 5.56 Å². The molecule has 0 saturated heterocycles. The number of nitrogens with zero attached hydrogens (tertiary/aromatic N) is 2. The first kappa shape index (κ1) is 19.8. The van der Waals surface area contributed by atoms with Gasteiger partial charge in [-0.1, -0.05) is 34.9 Å². The number of nitrogens with one attached hydrogen (secondary N) is 1. The molecule has 1 N–H and O–H groups in total. The van der Waals surface area contributed by atoms with Crippen molar-refractivity contribution in [2.24, 2.45) is 0 Å². The van der Waals surface area contributed by atoms with E-state index in [4.69, 9.17) is 4.42 Å². The Morgan fingerprint density at radius 2 is 1.68 bits per heavy atom. The topological polar surface area (TPSA) is 102 Å². The van der Waals surface area contributed by atoms with Crippen molar-refractivity contribution in [3.8, 4) is 0 Å². The molecular formula is C20H21N3O4S. The Morgan fingerprint density at radius 3 is 2.29 bits per heavy atom. The van der Waals surface area contributed by atoms with Crippen molar-refractivity contribution >= 4 is 21.8 Å². The van der Waals surface area contributed by atoms with E-state index in [1.54, 1.807) is 50.2 Å². The summed E-state index contributed by atoms with van der Waals surface area (Å²) in [4.78, 5) is 12.5. The van der Waals surface area contributed by atoms with Crippen molar-refractivity contribution in [2.45, 2.75) is 37.3 Å². The van der Waals surface area contributed by atoms with Gasteiger partial charge in [0.1, 0.15) is 0 Å². The fourth-order valence-corrected chi connectivity index (χ4v) is 3.55. The van der Waals surface area contributed by atoms with Crippen LogP contribution in [-0.4, -0.2) is 29.8 Å². The van der Waals surface area contributed by atoms with Crippen molar-refractivity contribution in [3.63, 3.8) is 0 Å². The first-order chi connectivity index (χ1) is 13.3. The highest BCUT2D eigenvalue weighted by Gasteiger charge is 2.19. The van der Waals surface area contributed by atoms with E-state index >= 15 is 0 Å². The van der Waals surface area contributed by atoms with Crippen LogP contribution in [-0.2, 0) is 16.3 Å². The Kier molecular flexibility index (Phi) is 5.60. The maximum Gasteiger partial charge on any atom is 0.322 e. The number of aromatic nitrogens is 2. The molecule has 0 aliphatic rings. The molecule has 7 nitrogen and oxygen atoms in total. The standard InChI is InChI=1S/C20H21N3O4S/c1-13(2)28(25,26)17-10-6-15(7-11-17)12-18-22-23-20(27-18)21-19(24)16-8-4-14(3)5-9-16/h4-11,13H,12H2,1-3H3,(H,21,23,24). The van der Waals surface area contributed by atoms with Crippen LogP contribution in [0.2, 0.25) is 0 Å². The lowest BCUT2D eigenvalue weighted by molar-refractivity contribution is 0.102. The van der Waals surface area contributed by atoms with E-state index < -0.39 is 15.1 Å². The van der Waals surface area contributed by atoms with Gasteiger partial charge < -0.3 is 4.42 Å². The van der Waals surface area contributed by atoms with Gasteiger partial charge in [-0.15, -0.1) is 5.10 Å². The average Bonchev–Trinajstić information content (AvgIpc) is 3.09. The van der Waals surface area contributed by atoms with Gasteiger partial charge in [0.05, 0.1) is 16.6 Å². The fourth-order valence-electron chi connectivity index (χ4n) is 2.49. The van der Waals surface area contributed by atoms with Gasteiger partial charge in [0.2, 0.25) is 5.89 Å². The van der Waals surface area contributed by atoms with Crippen LogP contribution >= 0.6 is 0 Å². The van der Waals surface area contributed by atoms with E-state index in [0.717, 1.165) is 11.1 Å². The molecule has 0 aliphatic heterocycles. The van der Waals surface area contributed by atoms with Gasteiger partial charge in [-0.2, -0.15) is 0 Å². The van der Waals surface area contributed by atoms with Crippen LogP contribution < -0.4 is 5.32 Å². The highest BCUT2D eigenvalue weighted by molar-refractivity contribution is 7.92. The summed E-state index contributed by atoms with van der Waals surface area (Å²) < 4.78 is 29.8. The van der Waals surface area contributed by atoms with Crippen molar-refractivity contribution in [1.29, 1.82) is 0 Å². The predicted octanol–water partition coefficient (Wildman–Crippen LogP) is 3.40. The maximum absolute atomic E-state index is 12.2. The van der Waals surface area contributed by atoms with E-state index in [2.05, 4.69) is 15.5 Å². The lowest BCUT2D eigenvalue weighted by atomic mass is 10.1. The third-order valence-electron chi connectivity index (χ3n) is 4.23. The Bertz CT molecular complexity index is 1070. The lowest BCUT2D eigenvalue weighted by Gasteiger charge is -2.08. The molecule has 0 spiro atoms. The Balaban J connectivity index is 1.66. The van der Waals surface area contributed by atoms with Crippen molar-refractivity contribution in [3.05, 3.63) is 71.1 Å². The first-order valence-electron chi connectivity index (χ1n) is 8.79. The largest absolute Gasteiger partial charge is 0.407 e. The number of anilines is 1. The van der Waals surface area contributed by atoms with Crippen LogP contribution in [0.4, 0.5) is 6.01 Å². The van der Waals surface area contributed by atoms with E-state index in [1.165, 1.54) is 0 Å². The quantitative estimate of drug-likeness (QED) is 0.681. The summed E-state index contributed by atoms with van der Waals surface area (Å²) in [5.41, 5.74) is 2.37. The Morgan fingerprint density at radius 1 is 1.04 bits per heavy atom. The first-order valence-corrected chi connectivity index (χ1v) is 10.3. The summed E-state index contributed by atoms with van der Waals surface area (Å²) in [7, 11) is -3.30. The van der Waals surface area contributed by atoms with Crippen LogP contribution in [0, 0.1) is 6.92 Å². The zero-order chi connectivity index (χ0) is 20.3. The van der Waals surface area contributed by atoms with E-state index in [0.29, 0.717) is 17.9 Å². The van der Waals surface area contributed by atoms with Gasteiger partial charge >= 0.3 is 6.01 Å². The number of rotatable bonds is 6. The summed E-state index contributed by atoms with van der Waals surface area (Å²) in [6, 6.07) is 13.7. The highest BCUT2D eigenvalue weighted by Crippen LogP contribution is 2.18. The predicted molar refractivity (Wildman–Crippen MR) is 105 cm³/mol. The third kappa shape index (κ3) is 4.45. The molecule has 0 radical (unpaired) electrons. The maximum atomic E-state index is 12.2. The van der Waals surface area contributed by atoms with Crippen molar-refractivity contribution < 1.29 is 17.6 Å². The lowest BCUT2D eigenvalue weighted by Crippen LogP contribution is -2.13. The molecule has 3 rings (SSSR count). The van der Waals surface area contributed by atoms with Gasteiger partial charge in [-0.25, -0.2) is 8.42 Å². The van der Waals surface area contributed by atoms with Crippen molar-refractivity contribution in [1.82, 2.24) is 10.2 Å². The summed E-state index contributed by atoms with van der Waals surface area (Å²) in [6.07, 6.45) is 0.329. The molecular weight excluding hydrogens is 378 g/mol. The Hall–Kier alpha value is -3.00. The second-order valence-corrected chi connectivity index (χ2v) is 9.24. The molecule has 1 heterocycles. The molecule has 3 aromatic rings. The Labute approximate surface area is 163 Å². The minimum atomic E-state index is -3.30. The second kappa shape index (κ2) is 7.93. The van der Waals surface area contributed by atoms with Gasteiger partial charge in [-0.3, -0.25) is 10.1 Å². The third-order valence-corrected chi connectivity index (χ3v) is 6.40. The highest BCUT2D eigenvalue weighted by atomic mass is 32.2. The monoisotopic (exact) mass is 399 g/mol. The summed E-state index contributed by atoms with van der Waals surface area (Å²) in [6.45, 7) is 5.24. The van der Waals surface area contributed by atoms with Gasteiger partial charge in [-0.05, 0) is 50.6 Å². The SMILES string of the molecule is Cc1ccc(C(=O)Nc2nnc(Cc3ccc(S(=O)(=O)C(C)C)cc3)o2)cc1. The van der Waals surface area contributed by atoms with Crippen LogP contribution in [0.3, 0.4) is 0 Å². The van der Waals surface area contributed by atoms with E-state index in [1.807, 2.05) is 19.1 Å². The molecule has 1 aromatic heterocycles. The van der Waals surface area contributed by atoms with Gasteiger partial charge in [0.15, 0.2) is 9.84 Å². The van der Waals surface area contributed by atoms with Crippen LogP contribution in [0.1, 0.15) is 41.2 Å². The summed E-state index contributed by atoms with van der Waals surface area (Å²) in [5, 5.41) is 9.84. The van der Waals surface area contributed by atoms with Crippen LogP contribution in [0.5, 0.6) is 0 Å². The average molecular weight is 399 g/mol. The number of aryl methyl sites for hydroxylation is 1. The summed E-state index contributed by atoms with van der Waals surface area (Å²) in [5.74, 6) is -0.0166. The fraction of sp³-hybridized carbons (Fsp3) is 0.250. The molecule has 0 saturated carbocycles. The number of hydrogen-bond donors (Lipinski definition) is 1. The molecule has 28 heavy (non-hydrogen) atoms. The molecule has 0 bridgehead atoms. The van der Waals surface area contributed by atoms with Crippen LogP contribution in [0.25, 0.3) is 0 Å². The molecule has 8 heteroatoms. The molecule has 146 valence electrons. The second-order valence-electron chi connectivity index (χ2n) is 6.74. The molecule has 0 atom stereocenters. The minimum Gasteiger partial charge on any atom is -0.407 e. The number of carbonyl (C=O) groups is 1. The number of hydrogen-bond acceptors (Lipinski definition) is 6.